The Morgan fingerprint density at radius 3 is 2.47 bits per heavy atom. The molecule has 0 amide bonds. The van der Waals surface area contributed by atoms with Gasteiger partial charge in [-0.25, -0.2) is 13.6 Å². The lowest BCUT2D eigenvalue weighted by Gasteiger charge is -2.11. The Morgan fingerprint density at radius 1 is 1.37 bits per heavy atom. The highest BCUT2D eigenvalue weighted by Gasteiger charge is 2.18. The molecular formula is C13H11ClF2O3. The zero-order valence-corrected chi connectivity index (χ0v) is 10.7. The molecule has 0 aliphatic carbocycles. The summed E-state index contributed by atoms with van der Waals surface area (Å²) in [6.45, 7) is 1.27. The van der Waals surface area contributed by atoms with Crippen LogP contribution in [0.3, 0.4) is 0 Å². The van der Waals surface area contributed by atoms with Crippen molar-refractivity contribution in [3.8, 4) is 0 Å². The first-order valence-corrected chi connectivity index (χ1v) is 5.74. The van der Waals surface area contributed by atoms with Crippen molar-refractivity contribution < 1.29 is 23.5 Å². The minimum atomic E-state index is -2.68. The second-order valence-electron chi connectivity index (χ2n) is 3.83. The molecule has 102 valence electrons. The predicted molar refractivity (Wildman–Crippen MR) is 67.3 cm³/mol. The number of benzene rings is 1. The van der Waals surface area contributed by atoms with Gasteiger partial charge in [-0.05, 0) is 30.2 Å². The third-order valence-corrected chi connectivity index (χ3v) is 2.94. The van der Waals surface area contributed by atoms with E-state index in [2.05, 4.69) is 0 Å². The molecule has 0 bridgehead atoms. The van der Waals surface area contributed by atoms with Crippen LogP contribution in [0.2, 0.25) is 0 Å². The molecule has 0 saturated heterocycles. The standard InChI is InChI=1S/C13H11ClF2O3/c1-7(17)12(14)10-4-2-9(13(15)16)6-8(10)3-5-11(18)19/h2-6,12-13H,1H3,(H,18,19). The summed E-state index contributed by atoms with van der Waals surface area (Å²) in [6.07, 6.45) is -0.739. The number of Topliss-reactive ketones (excluding diaryl/α,β-unsaturated/α-hetero) is 1. The topological polar surface area (TPSA) is 54.4 Å². The van der Waals surface area contributed by atoms with Crippen LogP contribution < -0.4 is 0 Å². The molecule has 1 aromatic carbocycles. The largest absolute Gasteiger partial charge is 0.478 e. The highest BCUT2D eigenvalue weighted by atomic mass is 35.5. The number of halogens is 3. The van der Waals surface area contributed by atoms with E-state index in [-0.39, 0.29) is 16.9 Å². The van der Waals surface area contributed by atoms with Crippen molar-refractivity contribution in [2.75, 3.05) is 0 Å². The Morgan fingerprint density at radius 2 is 2.00 bits per heavy atom. The van der Waals surface area contributed by atoms with Crippen LogP contribution in [0.4, 0.5) is 8.78 Å². The maximum Gasteiger partial charge on any atom is 0.328 e. The molecule has 0 aromatic heterocycles. The summed E-state index contributed by atoms with van der Waals surface area (Å²) in [4.78, 5) is 21.7. The van der Waals surface area contributed by atoms with Gasteiger partial charge in [0.2, 0.25) is 0 Å². The molecular weight excluding hydrogens is 278 g/mol. The zero-order chi connectivity index (χ0) is 14.6. The van der Waals surface area contributed by atoms with E-state index >= 15 is 0 Å². The summed E-state index contributed by atoms with van der Waals surface area (Å²) in [6, 6.07) is 3.59. The Kier molecular flexibility index (Phi) is 5.18. The number of hydrogen-bond acceptors (Lipinski definition) is 2. The van der Waals surface area contributed by atoms with E-state index in [4.69, 9.17) is 16.7 Å². The maximum atomic E-state index is 12.6. The predicted octanol–water partition coefficient (Wildman–Crippen LogP) is 3.59. The van der Waals surface area contributed by atoms with Crippen molar-refractivity contribution >= 4 is 29.4 Å². The molecule has 0 fully saturated rings. The lowest BCUT2D eigenvalue weighted by molar-refractivity contribution is -0.131. The fourth-order valence-electron chi connectivity index (χ4n) is 1.48. The highest BCUT2D eigenvalue weighted by Crippen LogP contribution is 2.29. The monoisotopic (exact) mass is 288 g/mol. The molecule has 3 nitrogen and oxygen atoms in total. The lowest BCUT2D eigenvalue weighted by Crippen LogP contribution is -2.04. The van der Waals surface area contributed by atoms with E-state index in [9.17, 15) is 18.4 Å². The smallest absolute Gasteiger partial charge is 0.328 e. The number of aliphatic carboxylic acids is 1. The molecule has 1 rings (SSSR count). The lowest BCUT2D eigenvalue weighted by atomic mass is 9.99. The van der Waals surface area contributed by atoms with Gasteiger partial charge in [-0.3, -0.25) is 4.79 Å². The van der Waals surface area contributed by atoms with Crippen LogP contribution in [0.1, 0.15) is 35.4 Å². The summed E-state index contributed by atoms with van der Waals surface area (Å²) < 4.78 is 25.2. The molecule has 1 N–H and O–H groups in total. The van der Waals surface area contributed by atoms with E-state index in [1.54, 1.807) is 0 Å². The molecule has 0 heterocycles. The van der Waals surface area contributed by atoms with E-state index in [0.717, 1.165) is 24.3 Å². The average Bonchev–Trinajstić information content (AvgIpc) is 2.34. The van der Waals surface area contributed by atoms with Gasteiger partial charge in [0.15, 0.2) is 5.78 Å². The molecule has 0 radical (unpaired) electrons. The Hall–Kier alpha value is -1.75. The minimum Gasteiger partial charge on any atom is -0.478 e. The Bertz CT molecular complexity index is 527. The van der Waals surface area contributed by atoms with E-state index < -0.39 is 17.8 Å². The Labute approximate surface area is 113 Å². The number of carbonyl (C=O) groups is 2. The number of carboxylic acids is 1. The number of carboxylic acid groups (broad SMARTS) is 1. The second kappa shape index (κ2) is 6.43. The number of alkyl halides is 3. The number of ketones is 1. The van der Waals surface area contributed by atoms with Crippen molar-refractivity contribution in [1.29, 1.82) is 0 Å². The molecule has 1 atom stereocenters. The van der Waals surface area contributed by atoms with Gasteiger partial charge in [0.25, 0.3) is 6.43 Å². The van der Waals surface area contributed by atoms with Gasteiger partial charge in [-0.2, -0.15) is 0 Å². The normalized spacial score (nSPS) is 12.9. The van der Waals surface area contributed by atoms with Gasteiger partial charge in [0, 0.05) is 11.6 Å². The van der Waals surface area contributed by atoms with Crippen molar-refractivity contribution in [2.24, 2.45) is 0 Å². The fraction of sp³-hybridized carbons (Fsp3) is 0.231. The summed E-state index contributed by atoms with van der Waals surface area (Å²) in [5, 5.41) is 7.56. The van der Waals surface area contributed by atoms with Crippen molar-refractivity contribution in [3.63, 3.8) is 0 Å². The summed E-state index contributed by atoms with van der Waals surface area (Å²) >= 11 is 5.88. The molecule has 1 aromatic rings. The molecule has 6 heteroatoms. The third-order valence-electron chi connectivity index (χ3n) is 2.40. The van der Waals surface area contributed by atoms with E-state index in [1.165, 1.54) is 13.0 Å². The van der Waals surface area contributed by atoms with Crippen LogP contribution >= 0.6 is 11.6 Å². The first-order valence-electron chi connectivity index (χ1n) is 5.30. The molecule has 19 heavy (non-hydrogen) atoms. The van der Waals surface area contributed by atoms with Crippen LogP contribution in [-0.4, -0.2) is 16.9 Å². The number of rotatable bonds is 5. The van der Waals surface area contributed by atoms with Crippen molar-refractivity contribution in [2.45, 2.75) is 18.7 Å². The summed E-state index contributed by atoms with van der Waals surface area (Å²) in [5.74, 6) is -1.57. The van der Waals surface area contributed by atoms with Crippen LogP contribution in [0, 0.1) is 0 Å². The fourth-order valence-corrected chi connectivity index (χ4v) is 1.68. The van der Waals surface area contributed by atoms with Crippen LogP contribution in [0.15, 0.2) is 24.3 Å². The number of hydrogen-bond donors (Lipinski definition) is 1. The van der Waals surface area contributed by atoms with Gasteiger partial charge in [0.05, 0.1) is 0 Å². The number of carbonyl (C=O) groups excluding carboxylic acids is 1. The molecule has 0 spiro atoms. The summed E-state index contributed by atoms with van der Waals surface area (Å²) in [7, 11) is 0. The maximum absolute atomic E-state index is 12.6. The zero-order valence-electron chi connectivity index (χ0n) is 9.94. The average molecular weight is 289 g/mol. The highest BCUT2D eigenvalue weighted by molar-refractivity contribution is 6.31. The summed E-state index contributed by atoms with van der Waals surface area (Å²) in [5.41, 5.74) is 0.229. The van der Waals surface area contributed by atoms with Crippen LogP contribution in [0.5, 0.6) is 0 Å². The van der Waals surface area contributed by atoms with Crippen molar-refractivity contribution in [1.82, 2.24) is 0 Å². The van der Waals surface area contributed by atoms with Gasteiger partial charge in [-0.1, -0.05) is 12.1 Å². The van der Waals surface area contributed by atoms with Gasteiger partial charge in [0.1, 0.15) is 5.38 Å². The quantitative estimate of drug-likeness (QED) is 0.665. The molecule has 0 aliphatic rings. The van der Waals surface area contributed by atoms with Gasteiger partial charge in [-0.15, -0.1) is 11.6 Å². The van der Waals surface area contributed by atoms with Crippen LogP contribution in [0.25, 0.3) is 6.08 Å². The Balaban J connectivity index is 3.29. The third kappa shape index (κ3) is 4.13. The van der Waals surface area contributed by atoms with Gasteiger partial charge >= 0.3 is 5.97 Å². The molecule has 0 aliphatic heterocycles. The SMILES string of the molecule is CC(=O)C(Cl)c1ccc(C(F)F)cc1C=CC(=O)O. The van der Waals surface area contributed by atoms with Gasteiger partial charge < -0.3 is 5.11 Å². The second-order valence-corrected chi connectivity index (χ2v) is 4.27. The van der Waals surface area contributed by atoms with E-state index in [0.29, 0.717) is 5.56 Å². The first-order chi connectivity index (χ1) is 8.82. The molecule has 0 saturated carbocycles. The first kappa shape index (κ1) is 15.3. The minimum absolute atomic E-state index is 0.190. The van der Waals surface area contributed by atoms with Crippen molar-refractivity contribution in [3.05, 3.63) is 41.0 Å². The van der Waals surface area contributed by atoms with E-state index in [1.807, 2.05) is 0 Å². The van der Waals surface area contributed by atoms with Crippen LogP contribution in [-0.2, 0) is 9.59 Å². The molecule has 1 unspecified atom stereocenters.